The van der Waals surface area contributed by atoms with Crippen LogP contribution in [0, 0.1) is 41.9 Å². The number of aromatic nitrogens is 21. The van der Waals surface area contributed by atoms with Crippen LogP contribution in [0.15, 0.2) is 152 Å². The summed E-state index contributed by atoms with van der Waals surface area (Å²) >= 11 is 0. The van der Waals surface area contributed by atoms with Crippen molar-refractivity contribution in [2.24, 2.45) is 13.0 Å². The van der Waals surface area contributed by atoms with Crippen LogP contribution in [0.2, 0.25) is 0 Å². The summed E-state index contributed by atoms with van der Waals surface area (Å²) in [6, 6.07) is 32.9. The number of aromatic amines is 8. The highest BCUT2D eigenvalue weighted by molar-refractivity contribution is 6.07. The number of aryl methyl sites for hydroxylation is 2. The number of fused-ring (bicyclic) bond motifs is 4. The summed E-state index contributed by atoms with van der Waals surface area (Å²) < 4.78 is 103. The van der Waals surface area contributed by atoms with E-state index in [1.165, 1.54) is 59.8 Å². The molecule has 42 heteroatoms. The summed E-state index contributed by atoms with van der Waals surface area (Å²) in [5.74, 6) is -0.574. The number of amides is 4. The maximum Gasteiger partial charge on any atom is 0.278 e. The van der Waals surface area contributed by atoms with Crippen LogP contribution in [0.4, 0.5) is 44.7 Å². The smallest absolute Gasteiger partial charge is 0.278 e. The first-order chi connectivity index (χ1) is 63.3. The molecular formula is C89H88F5N27O10. The molecule has 0 bridgehead atoms. The monoisotopic (exact) mass is 1790 g/mol. The van der Waals surface area contributed by atoms with Gasteiger partial charge in [-0.2, -0.15) is 35.4 Å². The van der Waals surface area contributed by atoms with Gasteiger partial charge >= 0.3 is 0 Å². The van der Waals surface area contributed by atoms with Gasteiger partial charge in [0.25, 0.3) is 17.7 Å². The average Bonchev–Trinajstić information content (AvgIpc) is 1.80. The lowest BCUT2D eigenvalue weighted by Crippen LogP contribution is -2.35. The Morgan fingerprint density at radius 3 is 1.49 bits per heavy atom. The van der Waals surface area contributed by atoms with E-state index in [0.717, 1.165) is 128 Å². The number of anilines is 4. The lowest BCUT2D eigenvalue weighted by Gasteiger charge is -2.26. The fourth-order valence-electron chi connectivity index (χ4n) is 14.6. The van der Waals surface area contributed by atoms with E-state index in [-0.39, 0.29) is 34.1 Å². The summed E-state index contributed by atoms with van der Waals surface area (Å²) in [4.78, 5) is 85.6. The molecule has 2 fully saturated rings. The van der Waals surface area contributed by atoms with E-state index >= 15 is 0 Å². The number of halogens is 5. The molecule has 19 rings (SSSR count). The molecule has 0 unspecified atom stereocenters. The number of morpholine rings is 1. The Morgan fingerprint density at radius 2 is 0.977 bits per heavy atom. The van der Waals surface area contributed by atoms with Gasteiger partial charge in [0.05, 0.1) is 163 Å². The maximum absolute atomic E-state index is 14.0. The zero-order chi connectivity index (χ0) is 91.7. The molecule has 37 nitrogen and oxygen atoms in total. The zero-order valence-corrected chi connectivity index (χ0v) is 72.0. The van der Waals surface area contributed by atoms with Crippen molar-refractivity contribution in [1.82, 2.24) is 116 Å². The van der Waals surface area contributed by atoms with Crippen LogP contribution in [0.5, 0.6) is 28.7 Å². The van der Waals surface area contributed by atoms with Crippen LogP contribution in [-0.2, 0) is 35.0 Å². The third kappa shape index (κ3) is 20.1. The van der Waals surface area contributed by atoms with E-state index in [0.29, 0.717) is 132 Å². The molecule has 4 amide bonds. The summed E-state index contributed by atoms with van der Waals surface area (Å²) in [7, 11) is 8.00. The van der Waals surface area contributed by atoms with E-state index in [9.17, 15) is 41.1 Å². The Morgan fingerprint density at radius 1 is 0.511 bits per heavy atom. The van der Waals surface area contributed by atoms with E-state index in [4.69, 9.17) is 28.4 Å². The Hall–Kier alpha value is -16.0. The van der Waals surface area contributed by atoms with Crippen molar-refractivity contribution in [3.63, 3.8) is 0 Å². The molecule has 13 N–H and O–H groups in total. The maximum atomic E-state index is 14.0. The molecule has 2 aliphatic rings. The molecule has 17 aromatic rings. The number of ether oxygens (including phenoxy) is 6. The van der Waals surface area contributed by atoms with E-state index in [2.05, 4.69) is 154 Å². The quantitative estimate of drug-likeness (QED) is 0.0265. The number of hydrogen-bond acceptors (Lipinski definition) is 23. The first-order valence-corrected chi connectivity index (χ1v) is 41.2. The van der Waals surface area contributed by atoms with Crippen LogP contribution in [-0.4, -0.2) is 208 Å². The number of methoxy groups -OCH3 is 4. The standard InChI is InChI=1S/2C23H22F2N6O2.C22H19FN8O3.C21H25N7O3/c24-16-2-1-3-17(25)15(16)11-21(32)27-20-12-26-30-22(20)23-28-18-5-4-14(10-19(18)29-23)13-31-6-8-33-9-7-31;24-15-2-1-3-16(25)20(15)23(32)30-19-11-27-31-21(19)22-28-17-5-4-14(10-18(17)29-22)33-12-13-6-8-26-9-7-13;1-11-19(30-31(29-11)13-6-4-12(23)5-7-13)22(32)27-16-10-24-28-20(16)21-25-14-8-17(33-2)18(34-3)9-15(14)26-21;1-21(2,3)17-9-14(28(4)27-17)20(29)25-13-10-22-26-18(13)19-23-11-7-15(30-5)16(31-6)8-12(11)24-19/h1-5,10,12H,6-9,11,13H2,(H,26,30)(H,27,32)(H,28,29);1-5,10-11,13,26H,6-9,12H2,(H,27,31)(H,28,29)(H,30,32);4-10H,1-3H3,(H,24,28)(H,25,26)(H,27,32);7-10H,1-6H3,(H,22,26)(H,23,24)(H,25,29). The number of nitrogens with zero attached hydrogens (tertiary/aromatic N) is 14. The Labute approximate surface area is 741 Å². The number of hydrogen-bond donors (Lipinski definition) is 13. The second-order valence-corrected chi connectivity index (χ2v) is 31.4. The molecule has 2 aliphatic heterocycles. The van der Waals surface area contributed by atoms with Crippen LogP contribution in [0.25, 0.3) is 95.9 Å². The Bertz CT molecular complexity index is 6880. The largest absolute Gasteiger partial charge is 0.493 e. The van der Waals surface area contributed by atoms with Gasteiger partial charge in [-0.25, -0.2) is 41.9 Å². The average molecular weight is 1790 g/mol. The fourth-order valence-corrected chi connectivity index (χ4v) is 14.6. The van der Waals surface area contributed by atoms with Crippen molar-refractivity contribution < 1.29 is 69.6 Å². The Balaban J connectivity index is 0.000000128. The number of carbonyl (C=O) groups excluding carboxylic acids is 4. The van der Waals surface area contributed by atoms with E-state index in [1.807, 2.05) is 36.4 Å². The van der Waals surface area contributed by atoms with Crippen molar-refractivity contribution in [3.05, 3.63) is 221 Å². The summed E-state index contributed by atoms with van der Waals surface area (Å²) in [6.07, 6.45) is 7.57. The summed E-state index contributed by atoms with van der Waals surface area (Å²) in [5, 5.41) is 54.6. The van der Waals surface area contributed by atoms with Crippen molar-refractivity contribution in [3.8, 4) is 80.5 Å². The molecule has 0 saturated carbocycles. The van der Waals surface area contributed by atoms with Crippen LogP contribution in [0.1, 0.15) is 87.5 Å². The molecule has 0 aliphatic carbocycles. The fraction of sp³-hybridized carbons (Fsp3) is 0.247. The molecule has 0 radical (unpaired) electrons. The van der Waals surface area contributed by atoms with Gasteiger partial charge in [0.2, 0.25) is 5.91 Å². The number of rotatable bonds is 23. The molecule has 0 atom stereocenters. The van der Waals surface area contributed by atoms with Crippen molar-refractivity contribution in [1.29, 1.82) is 0 Å². The lowest BCUT2D eigenvalue weighted by molar-refractivity contribution is -0.115. The van der Waals surface area contributed by atoms with Gasteiger partial charge in [0, 0.05) is 68.0 Å². The van der Waals surface area contributed by atoms with Crippen LogP contribution in [0.3, 0.4) is 0 Å². The molecule has 2 saturated heterocycles. The number of carbonyl (C=O) groups is 4. The van der Waals surface area contributed by atoms with Gasteiger partial charge < -0.3 is 74.9 Å². The van der Waals surface area contributed by atoms with Crippen LogP contribution >= 0.6 is 0 Å². The number of piperidine rings is 1. The third-order valence-electron chi connectivity index (χ3n) is 21.5. The number of nitrogens with one attached hydrogen (secondary N) is 13. The van der Waals surface area contributed by atoms with Gasteiger partial charge in [-0.1, -0.05) is 39.0 Å². The second-order valence-electron chi connectivity index (χ2n) is 31.4. The highest BCUT2D eigenvalue weighted by Gasteiger charge is 2.28. The summed E-state index contributed by atoms with van der Waals surface area (Å²) in [6.45, 7) is 14.6. The first-order valence-electron chi connectivity index (χ1n) is 41.2. The molecule has 674 valence electrons. The lowest BCUT2D eigenvalue weighted by atomic mass is 9.92. The van der Waals surface area contributed by atoms with E-state index < -0.39 is 53.0 Å². The minimum Gasteiger partial charge on any atom is -0.493 e. The first kappa shape index (κ1) is 88.5. The summed E-state index contributed by atoms with van der Waals surface area (Å²) in [5.41, 5.74) is 11.7. The number of imidazole rings is 4. The van der Waals surface area contributed by atoms with Gasteiger partial charge in [-0.05, 0) is 123 Å². The topological polar surface area (TPSA) is 465 Å². The Kier molecular flexibility index (Phi) is 26.1. The van der Waals surface area contributed by atoms with Gasteiger partial charge in [-0.3, -0.25) is 49.2 Å². The highest BCUT2D eigenvalue weighted by atomic mass is 19.1. The minimum absolute atomic E-state index is 0.121. The predicted octanol–water partition coefficient (Wildman–Crippen LogP) is 13.6. The third-order valence-corrected chi connectivity index (χ3v) is 21.5. The van der Waals surface area contributed by atoms with Crippen molar-refractivity contribution in [2.75, 3.05) is 95.7 Å². The molecular weight excluding hydrogens is 1700 g/mol. The molecule has 12 heterocycles. The highest BCUT2D eigenvalue weighted by Crippen LogP contribution is 2.38. The molecule has 131 heavy (non-hydrogen) atoms. The zero-order valence-electron chi connectivity index (χ0n) is 72.0. The van der Waals surface area contributed by atoms with Gasteiger partial charge in [0.15, 0.2) is 52.0 Å². The van der Waals surface area contributed by atoms with Gasteiger partial charge in [-0.15, -0.1) is 5.10 Å². The second kappa shape index (κ2) is 38.7. The van der Waals surface area contributed by atoms with Crippen LogP contribution < -0.4 is 50.3 Å². The molecule has 0 spiro atoms. The molecule has 10 aromatic heterocycles. The van der Waals surface area contributed by atoms with Gasteiger partial charge in [0.1, 0.15) is 68.9 Å². The normalized spacial score (nSPS) is 13.0. The molecule has 7 aromatic carbocycles. The van der Waals surface area contributed by atoms with Crippen molar-refractivity contribution in [2.45, 2.75) is 58.9 Å². The predicted molar refractivity (Wildman–Crippen MR) is 475 cm³/mol. The van der Waals surface area contributed by atoms with E-state index in [1.54, 1.807) is 77.6 Å². The SMILES string of the molecule is COc1cc2nc(-c3[nH]ncc3NC(=O)c3cc(C(C)(C)C)nn3C)[nH]c2cc1OC.COc1cc2nc(-c3[nH]ncc3NC(=O)c3nn(-c4ccc(F)cc4)nc3C)[nH]c2cc1OC.O=C(Cc1c(F)cccc1F)Nc1cn[nH]c1-c1nc2ccc(CN3CCOCC3)cc2[nH]1.O=C(Nc1cn[nH]c1-c1nc2ccc(OCC3CCNCC3)cc2[nH]1)c1c(F)cccc1F. The minimum atomic E-state index is -0.946. The van der Waals surface area contributed by atoms with Crippen molar-refractivity contribution >= 4 is 90.5 Å². The number of benzene rings is 7. The number of H-pyrrole nitrogens is 8.